The molecule has 0 fully saturated rings. The number of nitrogens with one attached hydrogen (secondary N) is 1. The van der Waals surface area contributed by atoms with Gasteiger partial charge in [0.05, 0.1) is 17.7 Å². The minimum atomic E-state index is -0.843. The van der Waals surface area contributed by atoms with Gasteiger partial charge in [-0.1, -0.05) is 0 Å². The van der Waals surface area contributed by atoms with Crippen molar-refractivity contribution < 1.29 is 14.6 Å². The summed E-state index contributed by atoms with van der Waals surface area (Å²) in [5, 5.41) is 14.9. The summed E-state index contributed by atoms with van der Waals surface area (Å²) < 4.78 is 6.38. The number of esters is 1. The average molecular weight is 279 g/mol. The minimum Gasteiger partial charge on any atom is -0.506 e. The second-order valence-electron chi connectivity index (χ2n) is 4.75. The largest absolute Gasteiger partial charge is 0.506 e. The number of aromatic hydroxyl groups is 1. The van der Waals surface area contributed by atoms with Gasteiger partial charge in [0.15, 0.2) is 5.56 Å². The van der Waals surface area contributed by atoms with Crippen molar-refractivity contribution in [3.8, 4) is 5.75 Å². The Balaban J connectivity index is 2.80. The van der Waals surface area contributed by atoms with Gasteiger partial charge < -0.3 is 14.8 Å². The molecule has 2 aromatic heterocycles. The molecule has 7 heteroatoms. The summed E-state index contributed by atoms with van der Waals surface area (Å²) in [5.41, 5.74) is -0.137. The average Bonchev–Trinajstić information content (AvgIpc) is 2.67. The maximum absolute atomic E-state index is 12.0. The number of aromatic amines is 1. The van der Waals surface area contributed by atoms with Crippen LogP contribution in [0.1, 0.15) is 42.9 Å². The fourth-order valence-corrected chi connectivity index (χ4v) is 2.12. The quantitative estimate of drug-likeness (QED) is 0.830. The molecule has 0 saturated carbocycles. The molecule has 2 rings (SSSR count). The normalized spacial score (nSPS) is 11.2. The molecule has 2 aromatic rings. The third kappa shape index (κ3) is 2.04. The van der Waals surface area contributed by atoms with Crippen LogP contribution in [-0.4, -0.2) is 32.4 Å². The monoisotopic (exact) mass is 279 g/mol. The number of pyridine rings is 1. The molecule has 108 valence electrons. The van der Waals surface area contributed by atoms with E-state index in [1.165, 1.54) is 0 Å². The summed E-state index contributed by atoms with van der Waals surface area (Å²) in [6.45, 7) is 7.26. The third-order valence-corrected chi connectivity index (χ3v) is 2.99. The Kier molecular flexibility index (Phi) is 3.52. The molecule has 20 heavy (non-hydrogen) atoms. The van der Waals surface area contributed by atoms with Crippen molar-refractivity contribution in [2.75, 3.05) is 6.61 Å². The second kappa shape index (κ2) is 4.99. The number of carbonyl (C=O) groups excluding carboxylic acids is 1. The molecule has 0 aliphatic rings. The first-order valence-electron chi connectivity index (χ1n) is 6.39. The van der Waals surface area contributed by atoms with E-state index in [1.54, 1.807) is 18.5 Å². The van der Waals surface area contributed by atoms with Gasteiger partial charge in [-0.05, 0) is 27.7 Å². The zero-order valence-electron chi connectivity index (χ0n) is 11.9. The summed E-state index contributed by atoms with van der Waals surface area (Å²) in [5.74, 6) is -1.23. The lowest BCUT2D eigenvalue weighted by atomic mass is 10.1. The van der Waals surface area contributed by atoms with Crippen LogP contribution in [0.3, 0.4) is 0 Å². The molecule has 0 saturated heterocycles. The molecule has 0 bridgehead atoms. The highest BCUT2D eigenvalue weighted by atomic mass is 16.5. The zero-order chi connectivity index (χ0) is 15.0. The molecule has 2 heterocycles. The topological polar surface area (TPSA) is 97.2 Å². The maximum atomic E-state index is 12.0. The van der Waals surface area contributed by atoms with E-state index in [4.69, 9.17) is 4.74 Å². The highest BCUT2D eigenvalue weighted by Crippen LogP contribution is 2.29. The van der Waals surface area contributed by atoms with Crippen LogP contribution < -0.4 is 5.56 Å². The van der Waals surface area contributed by atoms with Crippen LogP contribution in [-0.2, 0) is 4.74 Å². The standard InChI is InChI=1S/C13H17N3O4/c1-5-20-13(19)9-10(17)8-7(4)15-16(6(2)3)11(8)14-12(9)18/h6H,5H2,1-4H3,(H2,14,17,18). The van der Waals surface area contributed by atoms with Crippen molar-refractivity contribution in [3.63, 3.8) is 0 Å². The number of hydrogen-bond acceptors (Lipinski definition) is 5. The molecule has 2 N–H and O–H groups in total. The van der Waals surface area contributed by atoms with E-state index in [-0.39, 0.29) is 24.0 Å². The number of fused-ring (bicyclic) bond motifs is 1. The van der Waals surface area contributed by atoms with E-state index in [0.29, 0.717) is 16.7 Å². The Bertz CT molecular complexity index is 727. The first kappa shape index (κ1) is 14.1. The van der Waals surface area contributed by atoms with Gasteiger partial charge in [0.1, 0.15) is 11.4 Å². The lowest BCUT2D eigenvalue weighted by Crippen LogP contribution is -2.21. The van der Waals surface area contributed by atoms with E-state index in [9.17, 15) is 14.7 Å². The first-order chi connectivity index (χ1) is 9.38. The van der Waals surface area contributed by atoms with E-state index >= 15 is 0 Å². The smallest absolute Gasteiger partial charge is 0.347 e. The van der Waals surface area contributed by atoms with Gasteiger partial charge in [0, 0.05) is 6.04 Å². The molecular weight excluding hydrogens is 262 g/mol. The Morgan fingerprint density at radius 1 is 1.50 bits per heavy atom. The Labute approximate surface area is 115 Å². The number of ether oxygens (including phenoxy) is 1. The number of nitrogens with zero attached hydrogens (tertiary/aromatic N) is 2. The zero-order valence-corrected chi connectivity index (χ0v) is 11.9. The minimum absolute atomic E-state index is 0.00898. The van der Waals surface area contributed by atoms with Crippen molar-refractivity contribution >= 4 is 17.0 Å². The van der Waals surface area contributed by atoms with Gasteiger partial charge >= 0.3 is 5.97 Å². The number of rotatable bonds is 3. The third-order valence-electron chi connectivity index (χ3n) is 2.99. The summed E-state index contributed by atoms with van der Waals surface area (Å²) in [6.07, 6.45) is 0. The maximum Gasteiger partial charge on any atom is 0.347 e. The van der Waals surface area contributed by atoms with Crippen molar-refractivity contribution in [2.24, 2.45) is 0 Å². The van der Waals surface area contributed by atoms with Crippen LogP contribution in [0.15, 0.2) is 4.79 Å². The lowest BCUT2D eigenvalue weighted by Gasteiger charge is -2.08. The molecule has 0 aliphatic carbocycles. The molecule has 0 aromatic carbocycles. The Morgan fingerprint density at radius 2 is 2.15 bits per heavy atom. The van der Waals surface area contributed by atoms with Crippen molar-refractivity contribution in [1.82, 2.24) is 14.8 Å². The number of aromatic nitrogens is 3. The van der Waals surface area contributed by atoms with Gasteiger partial charge in [0.2, 0.25) is 0 Å². The predicted octanol–water partition coefficient (Wildman–Crippen LogP) is 1.50. The van der Waals surface area contributed by atoms with E-state index in [2.05, 4.69) is 10.1 Å². The predicted molar refractivity (Wildman–Crippen MR) is 73.1 cm³/mol. The van der Waals surface area contributed by atoms with Crippen molar-refractivity contribution in [2.45, 2.75) is 33.7 Å². The number of carbonyl (C=O) groups is 1. The van der Waals surface area contributed by atoms with Gasteiger partial charge in [-0.25, -0.2) is 9.48 Å². The summed E-state index contributed by atoms with van der Waals surface area (Å²) in [6, 6.07) is 0.00898. The van der Waals surface area contributed by atoms with Crippen LogP contribution in [0.25, 0.3) is 11.0 Å². The number of H-pyrrole nitrogens is 1. The van der Waals surface area contributed by atoms with Gasteiger partial charge in [-0.15, -0.1) is 0 Å². The number of aryl methyl sites for hydroxylation is 1. The molecule has 0 spiro atoms. The molecule has 0 unspecified atom stereocenters. The van der Waals surface area contributed by atoms with Crippen LogP contribution in [0.2, 0.25) is 0 Å². The molecule has 7 nitrogen and oxygen atoms in total. The van der Waals surface area contributed by atoms with Crippen molar-refractivity contribution in [1.29, 1.82) is 0 Å². The highest BCUT2D eigenvalue weighted by Gasteiger charge is 2.24. The molecule has 0 atom stereocenters. The van der Waals surface area contributed by atoms with Crippen LogP contribution in [0, 0.1) is 6.92 Å². The summed E-state index contributed by atoms with van der Waals surface area (Å²) in [4.78, 5) is 26.3. The van der Waals surface area contributed by atoms with Crippen molar-refractivity contribution in [3.05, 3.63) is 21.6 Å². The SMILES string of the molecule is CCOC(=O)c1c(O)c2c(C)nn(C(C)C)c2[nH]c1=O. The van der Waals surface area contributed by atoms with Crippen LogP contribution in [0.4, 0.5) is 0 Å². The van der Waals surface area contributed by atoms with Gasteiger partial charge in [-0.3, -0.25) is 4.79 Å². The molecule has 0 aliphatic heterocycles. The summed E-state index contributed by atoms with van der Waals surface area (Å²) in [7, 11) is 0. The molecular formula is C13H17N3O4. The molecule has 0 radical (unpaired) electrons. The fourth-order valence-electron chi connectivity index (χ4n) is 2.12. The van der Waals surface area contributed by atoms with Gasteiger partial charge in [-0.2, -0.15) is 5.10 Å². The Hall–Kier alpha value is -2.31. The van der Waals surface area contributed by atoms with E-state index in [0.717, 1.165) is 0 Å². The first-order valence-corrected chi connectivity index (χ1v) is 6.39. The van der Waals surface area contributed by atoms with Crippen LogP contribution in [0.5, 0.6) is 5.75 Å². The van der Waals surface area contributed by atoms with Gasteiger partial charge in [0.25, 0.3) is 5.56 Å². The lowest BCUT2D eigenvalue weighted by molar-refractivity contribution is 0.0521. The second-order valence-corrected chi connectivity index (χ2v) is 4.75. The molecule has 0 amide bonds. The van der Waals surface area contributed by atoms with Crippen LogP contribution >= 0.6 is 0 Å². The highest BCUT2D eigenvalue weighted by molar-refractivity contribution is 5.99. The number of hydrogen-bond donors (Lipinski definition) is 2. The Morgan fingerprint density at radius 3 is 2.70 bits per heavy atom. The van der Waals surface area contributed by atoms with E-state index < -0.39 is 11.5 Å². The summed E-state index contributed by atoms with van der Waals surface area (Å²) >= 11 is 0. The van der Waals surface area contributed by atoms with E-state index in [1.807, 2.05) is 13.8 Å². The fraction of sp³-hybridized carbons (Fsp3) is 0.462.